The first-order valence-electron chi connectivity index (χ1n) is 10.00. The molecule has 1 fully saturated rings. The van der Waals surface area contributed by atoms with Gasteiger partial charge in [-0.05, 0) is 30.7 Å². The molecule has 4 heterocycles. The molecule has 1 saturated heterocycles. The second-order valence-corrected chi connectivity index (χ2v) is 8.25. The summed E-state index contributed by atoms with van der Waals surface area (Å²) in [6, 6.07) is 14.8. The Balaban J connectivity index is 1.44. The lowest BCUT2D eigenvalue weighted by Crippen LogP contribution is -2.29. The molecule has 3 aromatic heterocycles. The van der Waals surface area contributed by atoms with E-state index in [0.717, 1.165) is 23.0 Å². The molecule has 2 amide bonds. The second-order valence-electron chi connectivity index (χ2n) is 7.35. The SMILES string of the molecule is O=C(Nc1nccs1)c1cc([C@H]2CCN(C(=O)c3ccccn3)C2)nc2ccccc12. The first-order valence-corrected chi connectivity index (χ1v) is 10.9. The minimum Gasteiger partial charge on any atom is -0.337 e. The van der Waals surface area contributed by atoms with E-state index in [4.69, 9.17) is 4.98 Å². The van der Waals surface area contributed by atoms with Gasteiger partial charge >= 0.3 is 0 Å². The summed E-state index contributed by atoms with van der Waals surface area (Å²) in [6.07, 6.45) is 4.07. The van der Waals surface area contributed by atoms with Crippen molar-refractivity contribution in [2.75, 3.05) is 18.4 Å². The fourth-order valence-electron chi connectivity index (χ4n) is 3.88. The highest BCUT2D eigenvalue weighted by Gasteiger charge is 2.30. The van der Waals surface area contributed by atoms with Gasteiger partial charge < -0.3 is 4.90 Å². The van der Waals surface area contributed by atoms with Gasteiger partial charge in [0.25, 0.3) is 11.8 Å². The third kappa shape index (κ3) is 3.89. The van der Waals surface area contributed by atoms with Crippen LogP contribution in [0.2, 0.25) is 0 Å². The molecule has 1 aliphatic heterocycles. The van der Waals surface area contributed by atoms with Gasteiger partial charge in [0.2, 0.25) is 0 Å². The zero-order valence-corrected chi connectivity index (χ0v) is 17.4. The molecular weight excluding hydrogens is 410 g/mol. The maximum atomic E-state index is 13.0. The molecule has 7 nitrogen and oxygen atoms in total. The zero-order valence-electron chi connectivity index (χ0n) is 16.6. The Morgan fingerprint density at radius 3 is 2.74 bits per heavy atom. The summed E-state index contributed by atoms with van der Waals surface area (Å²) in [4.78, 5) is 40.7. The number of benzene rings is 1. The average molecular weight is 430 g/mol. The normalized spacial score (nSPS) is 15.9. The van der Waals surface area contributed by atoms with Crippen LogP contribution in [0.1, 0.15) is 38.9 Å². The average Bonchev–Trinajstić information content (AvgIpc) is 3.51. The number of para-hydroxylation sites is 1. The fraction of sp³-hybridized carbons (Fsp3) is 0.174. The highest BCUT2D eigenvalue weighted by molar-refractivity contribution is 7.13. The quantitative estimate of drug-likeness (QED) is 0.530. The molecule has 1 atom stereocenters. The monoisotopic (exact) mass is 429 g/mol. The number of aromatic nitrogens is 3. The van der Waals surface area contributed by atoms with Crippen molar-refractivity contribution in [1.82, 2.24) is 19.9 Å². The standard InChI is InChI=1S/C23H19N5O2S/c29-21(27-23-25-10-12-31-23)17-13-20(26-18-6-2-1-5-16(17)18)15-8-11-28(14-15)22(30)19-7-3-4-9-24-19/h1-7,9-10,12-13,15H,8,11,14H2,(H,25,27,29)/t15-/m0/s1. The number of likely N-dealkylation sites (tertiary alicyclic amines) is 1. The molecule has 0 saturated carbocycles. The van der Waals surface area contributed by atoms with Gasteiger partial charge in [-0.1, -0.05) is 24.3 Å². The highest BCUT2D eigenvalue weighted by Crippen LogP contribution is 2.30. The van der Waals surface area contributed by atoms with Crippen molar-refractivity contribution in [1.29, 1.82) is 0 Å². The summed E-state index contributed by atoms with van der Waals surface area (Å²) in [5.74, 6) is -0.233. The number of carbonyl (C=O) groups is 2. The smallest absolute Gasteiger partial charge is 0.272 e. The van der Waals surface area contributed by atoms with Crippen LogP contribution in [0.4, 0.5) is 5.13 Å². The van der Waals surface area contributed by atoms with Crippen molar-refractivity contribution in [3.8, 4) is 0 Å². The van der Waals surface area contributed by atoms with E-state index in [1.165, 1.54) is 11.3 Å². The molecule has 1 aliphatic rings. The maximum Gasteiger partial charge on any atom is 0.272 e. The van der Waals surface area contributed by atoms with E-state index in [0.29, 0.717) is 29.5 Å². The van der Waals surface area contributed by atoms with Crippen LogP contribution in [0.25, 0.3) is 10.9 Å². The molecule has 154 valence electrons. The lowest BCUT2D eigenvalue weighted by Gasteiger charge is -2.17. The molecule has 0 aliphatic carbocycles. The highest BCUT2D eigenvalue weighted by atomic mass is 32.1. The maximum absolute atomic E-state index is 13.0. The van der Waals surface area contributed by atoms with Crippen molar-refractivity contribution in [2.24, 2.45) is 0 Å². The molecule has 1 N–H and O–H groups in total. The molecule has 1 aromatic carbocycles. The number of rotatable bonds is 4. The lowest BCUT2D eigenvalue weighted by molar-refractivity contribution is 0.0784. The number of nitrogens with one attached hydrogen (secondary N) is 1. The van der Waals surface area contributed by atoms with Crippen molar-refractivity contribution < 1.29 is 9.59 Å². The van der Waals surface area contributed by atoms with Crippen LogP contribution >= 0.6 is 11.3 Å². The third-order valence-corrected chi connectivity index (χ3v) is 6.10. The Bertz CT molecular complexity index is 1240. The molecule has 0 unspecified atom stereocenters. The van der Waals surface area contributed by atoms with Crippen molar-refractivity contribution in [3.63, 3.8) is 0 Å². The van der Waals surface area contributed by atoms with Gasteiger partial charge in [0.15, 0.2) is 5.13 Å². The Morgan fingerprint density at radius 2 is 1.94 bits per heavy atom. The predicted molar refractivity (Wildman–Crippen MR) is 119 cm³/mol. The number of hydrogen-bond acceptors (Lipinski definition) is 6. The minimum absolute atomic E-state index is 0.0590. The van der Waals surface area contributed by atoms with Gasteiger partial charge in [0.05, 0.1) is 11.1 Å². The summed E-state index contributed by atoms with van der Waals surface area (Å²) in [5.41, 5.74) is 2.58. The van der Waals surface area contributed by atoms with Gasteiger partial charge in [-0.3, -0.25) is 24.9 Å². The zero-order chi connectivity index (χ0) is 21.2. The molecule has 0 spiro atoms. The summed E-state index contributed by atoms with van der Waals surface area (Å²) >= 11 is 1.37. The first kappa shape index (κ1) is 19.3. The van der Waals surface area contributed by atoms with Crippen LogP contribution in [-0.2, 0) is 0 Å². The summed E-state index contributed by atoms with van der Waals surface area (Å²) < 4.78 is 0. The summed E-state index contributed by atoms with van der Waals surface area (Å²) in [5, 5.41) is 6.03. The first-order chi connectivity index (χ1) is 15.2. The fourth-order valence-corrected chi connectivity index (χ4v) is 4.40. The van der Waals surface area contributed by atoms with E-state index < -0.39 is 0 Å². The molecule has 0 bridgehead atoms. The van der Waals surface area contributed by atoms with E-state index >= 15 is 0 Å². The Kier molecular flexibility index (Phi) is 5.13. The van der Waals surface area contributed by atoms with Gasteiger partial charge in [0.1, 0.15) is 5.69 Å². The Labute approximate surface area is 182 Å². The van der Waals surface area contributed by atoms with Crippen LogP contribution in [0.3, 0.4) is 0 Å². The van der Waals surface area contributed by atoms with E-state index in [-0.39, 0.29) is 17.7 Å². The summed E-state index contributed by atoms with van der Waals surface area (Å²) in [6.45, 7) is 1.18. The lowest BCUT2D eigenvalue weighted by atomic mass is 9.99. The minimum atomic E-state index is -0.214. The van der Waals surface area contributed by atoms with Gasteiger partial charge in [-0.25, -0.2) is 4.98 Å². The third-order valence-electron chi connectivity index (χ3n) is 5.41. The van der Waals surface area contributed by atoms with Crippen LogP contribution in [0.5, 0.6) is 0 Å². The number of pyridine rings is 2. The van der Waals surface area contributed by atoms with E-state index in [1.54, 1.807) is 29.4 Å². The Morgan fingerprint density at radius 1 is 1.06 bits per heavy atom. The van der Waals surface area contributed by atoms with E-state index in [9.17, 15) is 9.59 Å². The summed E-state index contributed by atoms with van der Waals surface area (Å²) in [7, 11) is 0. The number of fused-ring (bicyclic) bond motifs is 1. The van der Waals surface area contributed by atoms with Gasteiger partial charge in [-0.2, -0.15) is 0 Å². The number of amides is 2. The topological polar surface area (TPSA) is 88.1 Å². The van der Waals surface area contributed by atoms with Crippen LogP contribution in [-0.4, -0.2) is 44.8 Å². The van der Waals surface area contributed by atoms with Gasteiger partial charge in [0, 0.05) is 47.9 Å². The van der Waals surface area contributed by atoms with Crippen molar-refractivity contribution >= 4 is 39.2 Å². The van der Waals surface area contributed by atoms with E-state index in [2.05, 4.69) is 15.3 Å². The van der Waals surface area contributed by atoms with Crippen molar-refractivity contribution in [3.05, 3.63) is 83.3 Å². The van der Waals surface area contributed by atoms with Gasteiger partial charge in [-0.15, -0.1) is 11.3 Å². The van der Waals surface area contributed by atoms with Crippen LogP contribution < -0.4 is 5.32 Å². The van der Waals surface area contributed by atoms with Crippen molar-refractivity contribution in [2.45, 2.75) is 12.3 Å². The number of hydrogen-bond donors (Lipinski definition) is 1. The van der Waals surface area contributed by atoms with E-state index in [1.807, 2.05) is 41.8 Å². The predicted octanol–water partition coefficient (Wildman–Crippen LogP) is 3.97. The molecule has 31 heavy (non-hydrogen) atoms. The van der Waals surface area contributed by atoms with Crippen LogP contribution in [0.15, 0.2) is 66.3 Å². The molecule has 8 heteroatoms. The number of nitrogens with zero attached hydrogens (tertiary/aromatic N) is 4. The number of anilines is 1. The second kappa shape index (κ2) is 8.23. The number of thiazole rings is 1. The molecule has 5 rings (SSSR count). The molecular formula is C23H19N5O2S. The molecule has 0 radical (unpaired) electrons. The number of carbonyl (C=O) groups excluding carboxylic acids is 2. The largest absolute Gasteiger partial charge is 0.337 e. The Hall–Kier alpha value is -3.65. The van der Waals surface area contributed by atoms with Crippen LogP contribution in [0, 0.1) is 0 Å². The molecule has 4 aromatic rings.